The number of benzene rings is 2. The van der Waals surface area contributed by atoms with Crippen molar-refractivity contribution in [2.24, 2.45) is 0 Å². The van der Waals surface area contributed by atoms with Crippen molar-refractivity contribution < 1.29 is 19.1 Å². The summed E-state index contributed by atoms with van der Waals surface area (Å²) in [7, 11) is 1.60. The number of methoxy groups -OCH3 is 1. The van der Waals surface area contributed by atoms with Gasteiger partial charge in [0.25, 0.3) is 5.91 Å². The lowest BCUT2D eigenvalue weighted by Gasteiger charge is -2.32. The lowest BCUT2D eigenvalue weighted by atomic mass is 9.95. The molecular weight excluding hydrogens is 416 g/mol. The fraction of sp³-hybridized carbons (Fsp3) is 0.481. The van der Waals surface area contributed by atoms with Crippen molar-refractivity contribution in [1.29, 1.82) is 0 Å². The molecule has 1 saturated carbocycles. The first kappa shape index (κ1) is 24.6. The van der Waals surface area contributed by atoms with E-state index in [1.165, 1.54) is 6.42 Å². The Bertz CT molecular complexity index is 907. The molecule has 0 aromatic heterocycles. The Morgan fingerprint density at radius 3 is 2.39 bits per heavy atom. The molecule has 178 valence electrons. The molecule has 2 amide bonds. The van der Waals surface area contributed by atoms with Crippen LogP contribution in [0.4, 0.5) is 0 Å². The first-order valence-electron chi connectivity index (χ1n) is 11.9. The lowest BCUT2D eigenvalue weighted by molar-refractivity contribution is -0.143. The molecule has 2 aromatic carbocycles. The van der Waals surface area contributed by atoms with Crippen LogP contribution in [-0.4, -0.2) is 42.5 Å². The van der Waals surface area contributed by atoms with Crippen molar-refractivity contribution >= 4 is 11.8 Å². The molecule has 0 spiro atoms. The van der Waals surface area contributed by atoms with E-state index < -0.39 is 6.04 Å². The molecule has 6 heteroatoms. The quantitative estimate of drug-likeness (QED) is 0.570. The van der Waals surface area contributed by atoms with Crippen LogP contribution in [0.15, 0.2) is 48.5 Å². The molecule has 1 aliphatic carbocycles. The van der Waals surface area contributed by atoms with Gasteiger partial charge < -0.3 is 19.7 Å². The maximum atomic E-state index is 13.3. The normalized spacial score (nSPS) is 14.9. The zero-order chi connectivity index (χ0) is 23.6. The average molecular weight is 453 g/mol. The molecule has 3 rings (SSSR count). The summed E-state index contributed by atoms with van der Waals surface area (Å²) >= 11 is 0. The van der Waals surface area contributed by atoms with Crippen LogP contribution >= 0.6 is 0 Å². The number of nitrogens with zero attached hydrogens (tertiary/aromatic N) is 1. The van der Waals surface area contributed by atoms with Gasteiger partial charge in [-0.05, 0) is 56.0 Å². The Morgan fingerprint density at radius 2 is 1.76 bits per heavy atom. The van der Waals surface area contributed by atoms with Gasteiger partial charge >= 0.3 is 0 Å². The van der Waals surface area contributed by atoms with Gasteiger partial charge in [-0.1, -0.05) is 56.0 Å². The zero-order valence-corrected chi connectivity index (χ0v) is 20.0. The molecule has 1 atom stereocenters. The Labute approximate surface area is 197 Å². The highest BCUT2D eigenvalue weighted by Gasteiger charge is 2.30. The smallest absolute Gasteiger partial charge is 0.261 e. The molecule has 33 heavy (non-hydrogen) atoms. The van der Waals surface area contributed by atoms with E-state index in [0.29, 0.717) is 18.7 Å². The summed E-state index contributed by atoms with van der Waals surface area (Å²) in [5.41, 5.74) is 2.12. The van der Waals surface area contributed by atoms with Crippen molar-refractivity contribution in [2.75, 3.05) is 13.7 Å². The standard InChI is InChI=1S/C27H36N2O4/c1-4-25(27(31)28-22-11-6-5-7-12-22)29(18-21-10-8-9-20(2)17-21)26(30)19-33-24-15-13-23(32-3)14-16-24/h8-10,13-17,22,25H,4-7,11-12,18-19H2,1-3H3,(H,28,31)/t25-/m1/s1. The number of amides is 2. The van der Waals surface area contributed by atoms with Crippen LogP contribution < -0.4 is 14.8 Å². The molecule has 1 aliphatic rings. The van der Waals surface area contributed by atoms with E-state index in [9.17, 15) is 9.59 Å². The van der Waals surface area contributed by atoms with Crippen molar-refractivity contribution in [3.05, 3.63) is 59.7 Å². The molecule has 0 aliphatic heterocycles. The van der Waals surface area contributed by atoms with Gasteiger partial charge in [0, 0.05) is 12.6 Å². The van der Waals surface area contributed by atoms with Crippen LogP contribution in [0.3, 0.4) is 0 Å². The fourth-order valence-electron chi connectivity index (χ4n) is 4.37. The van der Waals surface area contributed by atoms with Gasteiger partial charge in [0.05, 0.1) is 7.11 Å². The van der Waals surface area contributed by atoms with Crippen LogP contribution in [-0.2, 0) is 16.1 Å². The first-order chi connectivity index (χ1) is 16.0. The van der Waals surface area contributed by atoms with Gasteiger partial charge in [0.1, 0.15) is 17.5 Å². The van der Waals surface area contributed by atoms with E-state index in [0.717, 1.165) is 42.6 Å². The Balaban J connectivity index is 1.74. The van der Waals surface area contributed by atoms with Crippen molar-refractivity contribution in [2.45, 2.75) is 71.0 Å². The summed E-state index contributed by atoms with van der Waals surface area (Å²) in [6.45, 7) is 4.20. The van der Waals surface area contributed by atoms with Crippen LogP contribution in [0, 0.1) is 6.92 Å². The Kier molecular flexibility index (Phi) is 9.16. The summed E-state index contributed by atoms with van der Waals surface area (Å²) in [6, 6.07) is 14.8. The zero-order valence-electron chi connectivity index (χ0n) is 20.0. The third kappa shape index (κ3) is 7.24. The van der Waals surface area contributed by atoms with Gasteiger partial charge in [-0.2, -0.15) is 0 Å². The third-order valence-corrected chi connectivity index (χ3v) is 6.19. The first-order valence-corrected chi connectivity index (χ1v) is 11.9. The number of rotatable bonds is 10. The number of hydrogen-bond donors (Lipinski definition) is 1. The summed E-state index contributed by atoms with van der Waals surface area (Å²) in [5.74, 6) is 1.02. The average Bonchev–Trinajstić information content (AvgIpc) is 2.83. The molecule has 2 aromatic rings. The van der Waals surface area contributed by atoms with E-state index in [4.69, 9.17) is 9.47 Å². The highest BCUT2D eigenvalue weighted by atomic mass is 16.5. The number of nitrogens with one attached hydrogen (secondary N) is 1. The molecular formula is C27H36N2O4. The van der Waals surface area contributed by atoms with Crippen LogP contribution in [0.1, 0.15) is 56.6 Å². The second-order valence-electron chi connectivity index (χ2n) is 8.74. The van der Waals surface area contributed by atoms with Crippen molar-refractivity contribution in [3.63, 3.8) is 0 Å². The van der Waals surface area contributed by atoms with E-state index in [1.807, 2.05) is 32.0 Å². The number of carbonyl (C=O) groups excluding carboxylic acids is 2. The van der Waals surface area contributed by atoms with E-state index >= 15 is 0 Å². The van der Waals surface area contributed by atoms with Gasteiger partial charge in [-0.15, -0.1) is 0 Å². The lowest BCUT2D eigenvalue weighted by Crippen LogP contribution is -2.52. The minimum Gasteiger partial charge on any atom is -0.497 e. The second kappa shape index (κ2) is 12.3. The van der Waals surface area contributed by atoms with Crippen LogP contribution in [0.25, 0.3) is 0 Å². The number of ether oxygens (including phenoxy) is 2. The maximum absolute atomic E-state index is 13.3. The molecule has 0 saturated heterocycles. The van der Waals surface area contributed by atoms with Crippen LogP contribution in [0.2, 0.25) is 0 Å². The molecule has 0 bridgehead atoms. The van der Waals surface area contributed by atoms with Crippen molar-refractivity contribution in [3.8, 4) is 11.5 Å². The van der Waals surface area contributed by atoms with E-state index in [1.54, 1.807) is 36.3 Å². The topological polar surface area (TPSA) is 67.9 Å². The van der Waals surface area contributed by atoms with Crippen molar-refractivity contribution in [1.82, 2.24) is 10.2 Å². The number of aryl methyl sites for hydroxylation is 1. The Hall–Kier alpha value is -3.02. The monoisotopic (exact) mass is 452 g/mol. The molecule has 1 N–H and O–H groups in total. The second-order valence-corrected chi connectivity index (χ2v) is 8.74. The SMILES string of the molecule is CC[C@H](C(=O)NC1CCCCC1)N(Cc1cccc(C)c1)C(=O)COc1ccc(OC)cc1. The molecule has 0 unspecified atom stereocenters. The van der Waals surface area contributed by atoms with Gasteiger partial charge in [-0.25, -0.2) is 0 Å². The molecule has 0 heterocycles. The highest BCUT2D eigenvalue weighted by molar-refractivity contribution is 5.88. The number of carbonyl (C=O) groups is 2. The van der Waals surface area contributed by atoms with E-state index in [-0.39, 0.29) is 24.5 Å². The minimum atomic E-state index is -0.542. The van der Waals surface area contributed by atoms with Gasteiger partial charge in [0.15, 0.2) is 6.61 Å². The van der Waals surface area contributed by atoms with Crippen LogP contribution in [0.5, 0.6) is 11.5 Å². The molecule has 1 fully saturated rings. The summed E-state index contributed by atoms with van der Waals surface area (Å²) in [5, 5.41) is 3.20. The minimum absolute atomic E-state index is 0.0742. The maximum Gasteiger partial charge on any atom is 0.261 e. The molecule has 6 nitrogen and oxygen atoms in total. The number of hydrogen-bond acceptors (Lipinski definition) is 4. The van der Waals surface area contributed by atoms with E-state index in [2.05, 4.69) is 11.4 Å². The predicted octanol–water partition coefficient (Wildman–Crippen LogP) is 4.64. The summed E-state index contributed by atoms with van der Waals surface area (Å²) in [4.78, 5) is 28.2. The summed E-state index contributed by atoms with van der Waals surface area (Å²) < 4.78 is 10.9. The highest BCUT2D eigenvalue weighted by Crippen LogP contribution is 2.20. The molecule has 0 radical (unpaired) electrons. The largest absolute Gasteiger partial charge is 0.497 e. The Morgan fingerprint density at radius 1 is 1.06 bits per heavy atom. The van der Waals surface area contributed by atoms with Gasteiger partial charge in [0.2, 0.25) is 5.91 Å². The third-order valence-electron chi connectivity index (χ3n) is 6.19. The predicted molar refractivity (Wildman–Crippen MR) is 129 cm³/mol. The summed E-state index contributed by atoms with van der Waals surface area (Å²) in [6.07, 6.45) is 6.07. The van der Waals surface area contributed by atoms with Gasteiger partial charge in [-0.3, -0.25) is 9.59 Å². The fourth-order valence-corrected chi connectivity index (χ4v) is 4.37.